The standard InChI is InChI=1S/C16H31NO2.CH3I/c1-6-17(5)11-14-12-18-16(19-14)9-7-13(8-10-16)15(2,3)4;1-2/h13-14H,6-12H2,1-5H3;1H3. The van der Waals surface area contributed by atoms with E-state index in [1.807, 2.05) is 4.93 Å². The first-order valence-corrected chi connectivity index (χ1v) is 10.4. The monoisotopic (exact) mass is 411 g/mol. The molecule has 1 saturated carbocycles. The summed E-state index contributed by atoms with van der Waals surface area (Å²) in [5, 5.41) is 0. The molecule has 1 unspecified atom stereocenters. The predicted octanol–water partition coefficient (Wildman–Crippen LogP) is 4.34. The third-order valence-corrected chi connectivity index (χ3v) is 4.94. The lowest BCUT2D eigenvalue weighted by molar-refractivity contribution is -0.197. The van der Waals surface area contributed by atoms with E-state index in [-0.39, 0.29) is 11.9 Å². The van der Waals surface area contributed by atoms with Crippen LogP contribution in [-0.2, 0) is 9.47 Å². The van der Waals surface area contributed by atoms with E-state index < -0.39 is 0 Å². The second kappa shape index (κ2) is 8.46. The molecule has 0 N–H and O–H groups in total. The minimum absolute atomic E-state index is 0.249. The Morgan fingerprint density at radius 1 is 1.19 bits per heavy atom. The van der Waals surface area contributed by atoms with E-state index >= 15 is 0 Å². The van der Waals surface area contributed by atoms with Crippen molar-refractivity contribution in [3.05, 3.63) is 0 Å². The van der Waals surface area contributed by atoms with Crippen molar-refractivity contribution in [1.29, 1.82) is 0 Å². The van der Waals surface area contributed by atoms with Gasteiger partial charge in [-0.05, 0) is 42.7 Å². The molecule has 2 rings (SSSR count). The Kier molecular flexibility index (Phi) is 7.92. The molecule has 2 aliphatic rings. The maximum Gasteiger partial charge on any atom is 0.168 e. The highest BCUT2D eigenvalue weighted by molar-refractivity contribution is 14.1. The quantitative estimate of drug-likeness (QED) is 0.510. The van der Waals surface area contributed by atoms with Gasteiger partial charge in [-0.1, -0.05) is 50.3 Å². The Morgan fingerprint density at radius 3 is 2.24 bits per heavy atom. The largest absolute Gasteiger partial charge is 0.347 e. The SMILES string of the molecule is CCN(C)CC1COC2(CCC(C(C)(C)C)CC2)O1.CI. The highest BCUT2D eigenvalue weighted by atomic mass is 127. The van der Waals surface area contributed by atoms with Crippen LogP contribution in [0.4, 0.5) is 0 Å². The average molecular weight is 411 g/mol. The van der Waals surface area contributed by atoms with Gasteiger partial charge < -0.3 is 14.4 Å². The fourth-order valence-electron chi connectivity index (χ4n) is 3.37. The lowest BCUT2D eigenvalue weighted by Crippen LogP contribution is -2.39. The third-order valence-electron chi connectivity index (χ3n) is 4.94. The van der Waals surface area contributed by atoms with E-state index in [1.165, 1.54) is 12.8 Å². The van der Waals surface area contributed by atoms with Gasteiger partial charge in [-0.3, -0.25) is 0 Å². The van der Waals surface area contributed by atoms with E-state index in [9.17, 15) is 0 Å². The highest BCUT2D eigenvalue weighted by Gasteiger charge is 2.45. The summed E-state index contributed by atoms with van der Waals surface area (Å²) in [6.45, 7) is 12.1. The Balaban J connectivity index is 0.00000106. The van der Waals surface area contributed by atoms with Crippen LogP contribution < -0.4 is 0 Å². The van der Waals surface area contributed by atoms with Crippen LogP contribution in [0.25, 0.3) is 0 Å². The van der Waals surface area contributed by atoms with E-state index in [0.29, 0.717) is 5.41 Å². The Bertz CT molecular complexity index is 296. The number of hydrogen-bond acceptors (Lipinski definition) is 3. The van der Waals surface area contributed by atoms with Crippen LogP contribution in [0.5, 0.6) is 0 Å². The molecule has 0 amide bonds. The Labute approximate surface area is 145 Å². The van der Waals surface area contributed by atoms with Crippen molar-refractivity contribution in [3.63, 3.8) is 0 Å². The first-order valence-electron chi connectivity index (χ1n) is 8.23. The van der Waals surface area contributed by atoms with Crippen molar-refractivity contribution in [2.24, 2.45) is 11.3 Å². The number of halogens is 1. The maximum atomic E-state index is 6.26. The molecule has 1 aliphatic heterocycles. The van der Waals surface area contributed by atoms with Crippen LogP contribution in [0.2, 0.25) is 0 Å². The second-order valence-electron chi connectivity index (χ2n) is 7.46. The molecule has 3 nitrogen and oxygen atoms in total. The minimum Gasteiger partial charge on any atom is -0.347 e. The lowest BCUT2D eigenvalue weighted by atomic mass is 9.71. The fourth-order valence-corrected chi connectivity index (χ4v) is 3.37. The normalized spacial score (nSPS) is 33.1. The van der Waals surface area contributed by atoms with Crippen molar-refractivity contribution in [3.8, 4) is 0 Å². The Hall–Kier alpha value is 0.610. The summed E-state index contributed by atoms with van der Waals surface area (Å²) in [5.41, 5.74) is 0.419. The van der Waals surface area contributed by atoms with Gasteiger partial charge in [0, 0.05) is 19.4 Å². The topological polar surface area (TPSA) is 21.7 Å². The molecule has 4 heteroatoms. The zero-order valence-electron chi connectivity index (χ0n) is 14.7. The molecule has 0 radical (unpaired) electrons. The fraction of sp³-hybridized carbons (Fsp3) is 1.00. The Morgan fingerprint density at radius 2 is 1.76 bits per heavy atom. The van der Waals surface area contributed by atoms with Gasteiger partial charge in [0.15, 0.2) is 5.79 Å². The van der Waals surface area contributed by atoms with Crippen molar-refractivity contribution in [2.45, 2.75) is 65.3 Å². The van der Waals surface area contributed by atoms with Gasteiger partial charge >= 0.3 is 0 Å². The zero-order chi connectivity index (χ0) is 16.1. The van der Waals surface area contributed by atoms with E-state index in [4.69, 9.17) is 9.47 Å². The molecule has 0 bridgehead atoms. The minimum atomic E-state index is -0.249. The van der Waals surface area contributed by atoms with Gasteiger partial charge in [0.1, 0.15) is 0 Å². The van der Waals surface area contributed by atoms with Crippen molar-refractivity contribution >= 4 is 22.6 Å². The van der Waals surface area contributed by atoms with Crippen LogP contribution >= 0.6 is 22.6 Å². The van der Waals surface area contributed by atoms with Gasteiger partial charge in [0.25, 0.3) is 0 Å². The molecule has 1 spiro atoms. The molecule has 0 aromatic carbocycles. The lowest BCUT2D eigenvalue weighted by Gasteiger charge is -2.41. The third kappa shape index (κ3) is 5.63. The summed E-state index contributed by atoms with van der Waals surface area (Å²) in [4.78, 5) is 4.27. The molecule has 2 fully saturated rings. The molecule has 0 aromatic rings. The maximum absolute atomic E-state index is 6.26. The molecule has 1 heterocycles. The van der Waals surface area contributed by atoms with Gasteiger partial charge in [0.2, 0.25) is 0 Å². The van der Waals surface area contributed by atoms with Gasteiger partial charge in [-0.25, -0.2) is 0 Å². The molecule has 1 aliphatic carbocycles. The highest BCUT2D eigenvalue weighted by Crippen LogP contribution is 2.45. The number of hydrogen-bond donors (Lipinski definition) is 0. The molecule has 1 atom stereocenters. The number of ether oxygens (including phenoxy) is 2. The summed E-state index contributed by atoms with van der Waals surface area (Å²) in [6.07, 6.45) is 4.87. The van der Waals surface area contributed by atoms with Crippen LogP contribution in [0.1, 0.15) is 53.4 Å². The van der Waals surface area contributed by atoms with Gasteiger partial charge in [-0.2, -0.15) is 0 Å². The summed E-state index contributed by atoms with van der Waals surface area (Å²) in [6, 6.07) is 0. The number of alkyl halides is 1. The summed E-state index contributed by atoms with van der Waals surface area (Å²) >= 11 is 2.15. The molecule has 1 saturated heterocycles. The van der Waals surface area contributed by atoms with Gasteiger partial charge in [0.05, 0.1) is 12.7 Å². The molecular formula is C17H34INO2. The second-order valence-corrected chi connectivity index (χ2v) is 7.46. The van der Waals surface area contributed by atoms with E-state index in [1.54, 1.807) is 0 Å². The summed E-state index contributed by atoms with van der Waals surface area (Å²) in [7, 11) is 2.14. The van der Waals surface area contributed by atoms with Crippen molar-refractivity contribution in [2.75, 3.05) is 31.7 Å². The van der Waals surface area contributed by atoms with Crippen molar-refractivity contribution in [1.82, 2.24) is 4.90 Å². The first-order chi connectivity index (χ1) is 9.85. The first kappa shape index (κ1) is 19.7. The van der Waals surface area contributed by atoms with E-state index in [2.05, 4.69) is 62.2 Å². The molecule has 0 aromatic heterocycles. The average Bonchev–Trinajstić information content (AvgIpc) is 2.83. The predicted molar refractivity (Wildman–Crippen MR) is 98.1 cm³/mol. The smallest absolute Gasteiger partial charge is 0.168 e. The summed E-state index contributed by atoms with van der Waals surface area (Å²) < 4.78 is 12.3. The van der Waals surface area contributed by atoms with Crippen molar-refractivity contribution < 1.29 is 9.47 Å². The zero-order valence-corrected chi connectivity index (χ0v) is 16.9. The number of likely N-dealkylation sites (N-methyl/N-ethyl adjacent to an activating group) is 1. The molecular weight excluding hydrogens is 377 g/mol. The van der Waals surface area contributed by atoms with Crippen LogP contribution in [0, 0.1) is 11.3 Å². The van der Waals surface area contributed by atoms with Crippen LogP contribution in [0.15, 0.2) is 0 Å². The van der Waals surface area contributed by atoms with Crippen LogP contribution in [0.3, 0.4) is 0 Å². The van der Waals surface area contributed by atoms with Crippen LogP contribution in [-0.4, -0.2) is 48.5 Å². The van der Waals surface area contributed by atoms with E-state index in [0.717, 1.165) is 38.5 Å². The molecule has 21 heavy (non-hydrogen) atoms. The number of rotatable bonds is 3. The molecule has 126 valence electrons. The summed E-state index contributed by atoms with van der Waals surface area (Å²) in [5.74, 6) is 0.559. The van der Waals surface area contributed by atoms with Gasteiger partial charge in [-0.15, -0.1) is 0 Å². The number of nitrogens with zero attached hydrogens (tertiary/aromatic N) is 1.